The number of nitrogens with one attached hydrogen (secondary N) is 1. The molecule has 2 heterocycles. The van der Waals surface area contributed by atoms with Crippen molar-refractivity contribution in [3.63, 3.8) is 0 Å². The molecule has 6 heteroatoms. The van der Waals surface area contributed by atoms with Crippen LogP contribution in [0.25, 0.3) is 0 Å². The van der Waals surface area contributed by atoms with E-state index in [4.69, 9.17) is 0 Å². The van der Waals surface area contributed by atoms with Gasteiger partial charge in [-0.25, -0.2) is 0 Å². The monoisotopic (exact) mass is 399 g/mol. The van der Waals surface area contributed by atoms with Gasteiger partial charge in [0.1, 0.15) is 0 Å². The van der Waals surface area contributed by atoms with Crippen LogP contribution in [0.4, 0.5) is 0 Å². The van der Waals surface area contributed by atoms with Gasteiger partial charge in [0, 0.05) is 32.1 Å². The van der Waals surface area contributed by atoms with Gasteiger partial charge in [-0.05, 0) is 49.9 Å². The molecule has 5 nitrogen and oxygen atoms in total. The van der Waals surface area contributed by atoms with E-state index in [1.165, 1.54) is 16.9 Å². The summed E-state index contributed by atoms with van der Waals surface area (Å²) in [7, 11) is 2.11. The van der Waals surface area contributed by atoms with E-state index >= 15 is 0 Å². The van der Waals surface area contributed by atoms with E-state index in [1.54, 1.807) is 0 Å². The van der Waals surface area contributed by atoms with Crippen molar-refractivity contribution in [3.8, 4) is 0 Å². The molecule has 1 saturated heterocycles. The third-order valence-corrected chi connectivity index (χ3v) is 6.05. The lowest BCUT2D eigenvalue weighted by Crippen LogP contribution is -2.43. The number of carbonyl (C=O) groups excluding carboxylic acids is 2. The fourth-order valence-electron chi connectivity index (χ4n) is 3.58. The molecule has 1 aliphatic heterocycles. The second kappa shape index (κ2) is 10.4. The maximum Gasteiger partial charge on any atom is 0.263 e. The maximum atomic E-state index is 12.4. The highest BCUT2D eigenvalue weighted by Gasteiger charge is 2.27. The lowest BCUT2D eigenvalue weighted by atomic mass is 9.95. The highest BCUT2D eigenvalue weighted by molar-refractivity contribution is 7.12. The quantitative estimate of drug-likeness (QED) is 0.694. The molecule has 0 atom stereocenters. The number of carbonyl (C=O) groups is 2. The van der Waals surface area contributed by atoms with E-state index < -0.39 is 0 Å². The average Bonchev–Trinajstić information content (AvgIpc) is 3.26. The predicted octanol–water partition coefficient (Wildman–Crippen LogP) is 3.24. The zero-order valence-electron chi connectivity index (χ0n) is 16.5. The molecule has 2 amide bonds. The topological polar surface area (TPSA) is 52.7 Å². The van der Waals surface area contributed by atoms with Gasteiger partial charge in [0.15, 0.2) is 0 Å². The van der Waals surface area contributed by atoms with Crippen LogP contribution in [0.1, 0.15) is 34.5 Å². The van der Waals surface area contributed by atoms with E-state index in [-0.39, 0.29) is 17.7 Å². The van der Waals surface area contributed by atoms with Crippen molar-refractivity contribution in [2.24, 2.45) is 5.92 Å². The van der Waals surface area contributed by atoms with Gasteiger partial charge in [-0.3, -0.25) is 9.59 Å². The smallest absolute Gasteiger partial charge is 0.263 e. The zero-order valence-corrected chi connectivity index (χ0v) is 17.3. The standard InChI is InChI=1S/C22H29N3O2S/c1-24(17-18-7-3-2-4-8-18)13-6-12-23-21(26)19-10-14-25(15-11-19)22(27)20-9-5-16-28-20/h2-5,7-9,16,19H,6,10-15,17H2,1H3,(H,23,26). The molecular formula is C22H29N3O2S. The number of hydrogen-bond donors (Lipinski definition) is 1. The Hall–Kier alpha value is -2.18. The minimum Gasteiger partial charge on any atom is -0.356 e. The molecule has 1 N–H and O–H groups in total. The first-order valence-corrected chi connectivity index (χ1v) is 10.8. The van der Waals surface area contributed by atoms with Crippen molar-refractivity contribution in [1.29, 1.82) is 0 Å². The first kappa shape index (κ1) is 20.6. The summed E-state index contributed by atoms with van der Waals surface area (Å²) in [6.45, 7) is 3.89. The van der Waals surface area contributed by atoms with Crippen molar-refractivity contribution >= 4 is 23.2 Å². The molecule has 0 saturated carbocycles. The molecule has 1 fully saturated rings. The second-order valence-electron chi connectivity index (χ2n) is 7.41. The predicted molar refractivity (Wildman–Crippen MR) is 113 cm³/mol. The third kappa shape index (κ3) is 5.91. The van der Waals surface area contributed by atoms with Gasteiger partial charge in [-0.15, -0.1) is 11.3 Å². The minimum atomic E-state index is 0.0226. The number of rotatable bonds is 8. The van der Waals surface area contributed by atoms with Crippen molar-refractivity contribution in [2.45, 2.75) is 25.8 Å². The number of nitrogens with zero attached hydrogens (tertiary/aromatic N) is 2. The highest BCUT2D eigenvalue weighted by Crippen LogP contribution is 2.20. The van der Waals surface area contributed by atoms with Crippen LogP contribution in [0.15, 0.2) is 47.8 Å². The SMILES string of the molecule is CN(CCCNC(=O)C1CCN(C(=O)c2cccs2)CC1)Cc1ccccc1. The first-order valence-electron chi connectivity index (χ1n) is 9.96. The summed E-state index contributed by atoms with van der Waals surface area (Å²) in [5.74, 6) is 0.249. The van der Waals surface area contributed by atoms with E-state index in [2.05, 4.69) is 41.5 Å². The molecule has 150 valence electrons. The lowest BCUT2D eigenvalue weighted by Gasteiger charge is -2.31. The molecular weight excluding hydrogens is 370 g/mol. The first-order chi connectivity index (χ1) is 13.6. The van der Waals surface area contributed by atoms with Crippen LogP contribution in [-0.4, -0.2) is 54.8 Å². The van der Waals surface area contributed by atoms with Crippen LogP contribution >= 0.6 is 11.3 Å². The fraction of sp³-hybridized carbons (Fsp3) is 0.455. The Balaban J connectivity index is 1.31. The van der Waals surface area contributed by atoms with Gasteiger partial charge >= 0.3 is 0 Å². The number of hydrogen-bond acceptors (Lipinski definition) is 4. The highest BCUT2D eigenvalue weighted by atomic mass is 32.1. The van der Waals surface area contributed by atoms with Crippen molar-refractivity contribution in [1.82, 2.24) is 15.1 Å². The van der Waals surface area contributed by atoms with Gasteiger partial charge in [-0.1, -0.05) is 36.4 Å². The summed E-state index contributed by atoms with van der Waals surface area (Å²) in [5, 5.41) is 5.00. The summed E-state index contributed by atoms with van der Waals surface area (Å²) in [6, 6.07) is 14.2. The van der Waals surface area contributed by atoms with E-state index in [0.717, 1.165) is 37.2 Å². The molecule has 1 aromatic heterocycles. The zero-order chi connectivity index (χ0) is 19.8. The van der Waals surface area contributed by atoms with Crippen LogP contribution in [0.3, 0.4) is 0 Å². The lowest BCUT2D eigenvalue weighted by molar-refractivity contribution is -0.126. The molecule has 1 aliphatic rings. The maximum absolute atomic E-state index is 12.4. The number of thiophene rings is 1. The molecule has 2 aromatic rings. The van der Waals surface area contributed by atoms with Crippen LogP contribution in [0.5, 0.6) is 0 Å². The normalized spacial score (nSPS) is 15.0. The molecule has 28 heavy (non-hydrogen) atoms. The van der Waals surface area contributed by atoms with E-state index in [9.17, 15) is 9.59 Å². The Bertz CT molecular complexity index is 740. The third-order valence-electron chi connectivity index (χ3n) is 5.20. The molecule has 3 rings (SSSR count). The second-order valence-corrected chi connectivity index (χ2v) is 8.36. The summed E-state index contributed by atoms with van der Waals surface area (Å²) in [4.78, 5) is 29.7. The molecule has 0 bridgehead atoms. The Morgan fingerprint density at radius 2 is 1.89 bits per heavy atom. The fourth-order valence-corrected chi connectivity index (χ4v) is 4.27. The van der Waals surface area contributed by atoms with Crippen LogP contribution in [0, 0.1) is 5.92 Å². The molecule has 0 spiro atoms. The molecule has 1 aromatic carbocycles. The van der Waals surface area contributed by atoms with Crippen LogP contribution < -0.4 is 5.32 Å². The largest absolute Gasteiger partial charge is 0.356 e. The van der Waals surface area contributed by atoms with Gasteiger partial charge in [0.05, 0.1) is 4.88 Å². The molecule has 0 unspecified atom stereocenters. The summed E-state index contributed by atoms with van der Waals surface area (Å²) in [5.41, 5.74) is 1.30. The molecule has 0 aliphatic carbocycles. The Morgan fingerprint density at radius 1 is 1.14 bits per heavy atom. The number of amides is 2. The molecule has 0 radical (unpaired) electrons. The Kier molecular flexibility index (Phi) is 7.62. The van der Waals surface area contributed by atoms with Gasteiger partial charge in [-0.2, -0.15) is 0 Å². The number of piperidine rings is 1. The van der Waals surface area contributed by atoms with Crippen molar-refractivity contribution in [2.75, 3.05) is 33.2 Å². The van der Waals surface area contributed by atoms with Gasteiger partial charge in [0.25, 0.3) is 5.91 Å². The van der Waals surface area contributed by atoms with Crippen molar-refractivity contribution in [3.05, 3.63) is 58.3 Å². The number of likely N-dealkylation sites (tertiary alicyclic amines) is 1. The summed E-state index contributed by atoms with van der Waals surface area (Å²) in [6.07, 6.45) is 2.43. The van der Waals surface area contributed by atoms with Gasteiger partial charge < -0.3 is 15.1 Å². The average molecular weight is 400 g/mol. The minimum absolute atomic E-state index is 0.0226. The van der Waals surface area contributed by atoms with E-state index in [0.29, 0.717) is 19.6 Å². The Morgan fingerprint density at radius 3 is 2.57 bits per heavy atom. The summed E-state index contributed by atoms with van der Waals surface area (Å²) < 4.78 is 0. The van der Waals surface area contributed by atoms with Crippen LogP contribution in [0.2, 0.25) is 0 Å². The number of benzene rings is 1. The van der Waals surface area contributed by atoms with Gasteiger partial charge in [0.2, 0.25) is 5.91 Å². The Labute approximate surface area is 171 Å². The summed E-state index contributed by atoms with van der Waals surface area (Å²) >= 11 is 1.47. The van der Waals surface area contributed by atoms with Crippen LogP contribution in [-0.2, 0) is 11.3 Å². The van der Waals surface area contributed by atoms with Crippen molar-refractivity contribution < 1.29 is 9.59 Å². The van der Waals surface area contributed by atoms with E-state index in [1.807, 2.05) is 28.5 Å².